The minimum Gasteiger partial charge on any atom is -0.494 e. The third-order valence-electron chi connectivity index (χ3n) is 3.54. The van der Waals surface area contributed by atoms with E-state index in [0.717, 1.165) is 18.7 Å². The lowest BCUT2D eigenvalue weighted by Crippen LogP contribution is -2.33. The number of rotatable bonds is 10. The van der Waals surface area contributed by atoms with Crippen molar-refractivity contribution in [3.05, 3.63) is 60.7 Å². The maximum atomic E-state index is 12.1. The number of nitrogens with one attached hydrogen (secondary N) is 1. The lowest BCUT2D eigenvalue weighted by atomic mass is 10.3. The number of para-hydroxylation sites is 1. The fourth-order valence-electron chi connectivity index (χ4n) is 2.21. The highest BCUT2D eigenvalue weighted by Gasteiger charge is 2.12. The van der Waals surface area contributed by atoms with Crippen molar-refractivity contribution in [3.8, 4) is 5.75 Å². The number of sulfonamides is 1. The highest BCUT2D eigenvalue weighted by atomic mass is 32.2. The molecule has 0 aliphatic carbocycles. The van der Waals surface area contributed by atoms with Crippen LogP contribution >= 0.6 is 0 Å². The first-order valence-corrected chi connectivity index (χ1v) is 9.47. The van der Waals surface area contributed by atoms with E-state index in [1.54, 1.807) is 30.3 Å². The molecular weight excluding hydrogens is 324 g/mol. The number of nitrogens with zero attached hydrogens (tertiary/aromatic N) is 1. The number of ether oxygens (including phenoxy) is 1. The second-order valence-corrected chi connectivity index (χ2v) is 7.30. The molecule has 1 N–H and O–H groups in total. The van der Waals surface area contributed by atoms with Crippen LogP contribution in [-0.4, -0.2) is 46.6 Å². The molecule has 5 nitrogen and oxygen atoms in total. The average molecular weight is 348 g/mol. The zero-order chi connectivity index (χ0) is 17.3. The van der Waals surface area contributed by atoms with Crippen LogP contribution in [-0.2, 0) is 10.0 Å². The quantitative estimate of drug-likeness (QED) is 0.670. The summed E-state index contributed by atoms with van der Waals surface area (Å²) in [6.45, 7) is 2.52. The van der Waals surface area contributed by atoms with Crippen LogP contribution in [0.3, 0.4) is 0 Å². The maximum absolute atomic E-state index is 12.1. The molecule has 0 unspecified atom stereocenters. The van der Waals surface area contributed by atoms with Gasteiger partial charge in [0.05, 0.1) is 11.5 Å². The Morgan fingerprint density at radius 2 is 1.58 bits per heavy atom. The number of hydrogen-bond donors (Lipinski definition) is 1. The molecule has 6 heteroatoms. The van der Waals surface area contributed by atoms with E-state index in [4.69, 9.17) is 4.74 Å². The normalized spacial score (nSPS) is 11.6. The highest BCUT2D eigenvalue weighted by Crippen LogP contribution is 2.08. The van der Waals surface area contributed by atoms with E-state index in [9.17, 15) is 8.42 Å². The van der Waals surface area contributed by atoms with Crippen LogP contribution in [0, 0.1) is 0 Å². The van der Waals surface area contributed by atoms with Crippen molar-refractivity contribution in [2.45, 2.75) is 11.3 Å². The van der Waals surface area contributed by atoms with Gasteiger partial charge < -0.3 is 9.64 Å². The van der Waals surface area contributed by atoms with E-state index >= 15 is 0 Å². The highest BCUT2D eigenvalue weighted by molar-refractivity contribution is 7.89. The molecule has 0 spiro atoms. The topological polar surface area (TPSA) is 58.6 Å². The van der Waals surface area contributed by atoms with Gasteiger partial charge in [-0.2, -0.15) is 0 Å². The van der Waals surface area contributed by atoms with Crippen molar-refractivity contribution in [2.75, 3.05) is 33.3 Å². The summed E-state index contributed by atoms with van der Waals surface area (Å²) >= 11 is 0. The van der Waals surface area contributed by atoms with E-state index in [1.165, 1.54) is 0 Å². The lowest BCUT2D eigenvalue weighted by Gasteiger charge is -2.17. The van der Waals surface area contributed by atoms with Gasteiger partial charge in [-0.3, -0.25) is 0 Å². The SMILES string of the molecule is CN(CCCOc1ccccc1)CCNS(=O)(=O)c1ccccc1. The molecule has 24 heavy (non-hydrogen) atoms. The summed E-state index contributed by atoms with van der Waals surface area (Å²) in [5.74, 6) is 0.871. The maximum Gasteiger partial charge on any atom is 0.240 e. The Balaban J connectivity index is 1.62. The van der Waals surface area contributed by atoms with E-state index in [1.807, 2.05) is 37.4 Å². The minimum absolute atomic E-state index is 0.295. The van der Waals surface area contributed by atoms with Gasteiger partial charge in [-0.25, -0.2) is 13.1 Å². The van der Waals surface area contributed by atoms with Crippen LogP contribution in [0.2, 0.25) is 0 Å². The fraction of sp³-hybridized carbons (Fsp3) is 0.333. The number of hydrogen-bond acceptors (Lipinski definition) is 4. The van der Waals surface area contributed by atoms with Gasteiger partial charge in [0.25, 0.3) is 0 Å². The molecule has 2 rings (SSSR count). The van der Waals surface area contributed by atoms with Gasteiger partial charge in [0, 0.05) is 19.6 Å². The van der Waals surface area contributed by atoms with Gasteiger partial charge >= 0.3 is 0 Å². The first-order valence-electron chi connectivity index (χ1n) is 7.99. The molecule has 0 aliphatic heterocycles. The van der Waals surface area contributed by atoms with Gasteiger partial charge in [0.1, 0.15) is 5.75 Å². The van der Waals surface area contributed by atoms with E-state index in [0.29, 0.717) is 24.6 Å². The van der Waals surface area contributed by atoms with Crippen LogP contribution in [0.4, 0.5) is 0 Å². The first kappa shape index (κ1) is 18.4. The van der Waals surface area contributed by atoms with Crippen LogP contribution in [0.5, 0.6) is 5.75 Å². The molecule has 0 amide bonds. The van der Waals surface area contributed by atoms with Crippen LogP contribution in [0.25, 0.3) is 0 Å². The van der Waals surface area contributed by atoms with Gasteiger partial charge in [-0.05, 0) is 37.7 Å². The Morgan fingerprint density at radius 3 is 2.25 bits per heavy atom. The zero-order valence-electron chi connectivity index (χ0n) is 13.9. The molecule has 0 bridgehead atoms. The van der Waals surface area contributed by atoms with Gasteiger partial charge in [-0.15, -0.1) is 0 Å². The molecule has 0 radical (unpaired) electrons. The second-order valence-electron chi connectivity index (χ2n) is 5.53. The molecule has 2 aromatic carbocycles. The lowest BCUT2D eigenvalue weighted by molar-refractivity contribution is 0.264. The molecular formula is C18H24N2O3S. The number of likely N-dealkylation sites (N-methyl/N-ethyl adjacent to an activating group) is 1. The van der Waals surface area contributed by atoms with Gasteiger partial charge in [0.2, 0.25) is 10.0 Å². The smallest absolute Gasteiger partial charge is 0.240 e. The molecule has 0 saturated heterocycles. The zero-order valence-corrected chi connectivity index (χ0v) is 14.7. The van der Waals surface area contributed by atoms with Crippen LogP contribution < -0.4 is 9.46 Å². The van der Waals surface area contributed by atoms with Crippen molar-refractivity contribution in [2.24, 2.45) is 0 Å². The third kappa shape index (κ3) is 6.31. The molecule has 0 atom stereocenters. The van der Waals surface area contributed by atoms with E-state index in [2.05, 4.69) is 9.62 Å². The summed E-state index contributed by atoms with van der Waals surface area (Å²) < 4.78 is 32.4. The predicted octanol–water partition coefficient (Wildman–Crippen LogP) is 2.37. The van der Waals surface area contributed by atoms with Gasteiger partial charge in [0.15, 0.2) is 0 Å². The molecule has 0 heterocycles. The molecule has 2 aromatic rings. The Bertz CT molecular complexity index is 691. The molecule has 0 aromatic heterocycles. The van der Waals surface area contributed by atoms with Crippen LogP contribution in [0.15, 0.2) is 65.6 Å². The summed E-state index contributed by atoms with van der Waals surface area (Å²) in [6, 6.07) is 18.1. The minimum atomic E-state index is -3.42. The van der Waals surface area contributed by atoms with Crippen molar-refractivity contribution in [3.63, 3.8) is 0 Å². The predicted molar refractivity (Wildman–Crippen MR) is 95.7 cm³/mol. The Kier molecular flexibility index (Phi) is 7.24. The summed E-state index contributed by atoms with van der Waals surface area (Å²) in [5.41, 5.74) is 0. The summed E-state index contributed by atoms with van der Waals surface area (Å²) in [7, 11) is -1.45. The Hall–Kier alpha value is -1.89. The summed E-state index contributed by atoms with van der Waals surface area (Å²) in [4.78, 5) is 2.38. The van der Waals surface area contributed by atoms with E-state index < -0.39 is 10.0 Å². The molecule has 0 fully saturated rings. The summed E-state index contributed by atoms with van der Waals surface area (Å²) in [6.07, 6.45) is 0.886. The second kappa shape index (κ2) is 9.42. The Labute approximate surface area is 144 Å². The molecule has 0 aliphatic rings. The standard InChI is InChI=1S/C18H24N2O3S/c1-20(14-8-16-23-17-9-4-2-5-10-17)15-13-19-24(21,22)18-11-6-3-7-12-18/h2-7,9-12,19H,8,13-16H2,1H3. The van der Waals surface area contributed by atoms with Gasteiger partial charge in [-0.1, -0.05) is 36.4 Å². The summed E-state index contributed by atoms with van der Waals surface area (Å²) in [5, 5.41) is 0. The van der Waals surface area contributed by atoms with Crippen LogP contribution in [0.1, 0.15) is 6.42 Å². The van der Waals surface area contributed by atoms with E-state index in [-0.39, 0.29) is 0 Å². The third-order valence-corrected chi connectivity index (χ3v) is 5.01. The fourth-order valence-corrected chi connectivity index (χ4v) is 3.25. The van der Waals surface area contributed by atoms with Crippen molar-refractivity contribution in [1.29, 1.82) is 0 Å². The first-order chi connectivity index (χ1) is 11.6. The Morgan fingerprint density at radius 1 is 0.958 bits per heavy atom. The van der Waals surface area contributed by atoms with Crippen molar-refractivity contribution in [1.82, 2.24) is 9.62 Å². The number of benzene rings is 2. The van der Waals surface area contributed by atoms with Crippen molar-refractivity contribution >= 4 is 10.0 Å². The largest absolute Gasteiger partial charge is 0.494 e. The monoisotopic (exact) mass is 348 g/mol. The van der Waals surface area contributed by atoms with Crippen molar-refractivity contribution < 1.29 is 13.2 Å². The average Bonchev–Trinajstić information content (AvgIpc) is 2.60. The molecule has 0 saturated carbocycles. The molecule has 130 valence electrons.